The quantitative estimate of drug-likeness (QED) is 0.696. The van der Waals surface area contributed by atoms with Gasteiger partial charge in [0.2, 0.25) is 5.91 Å². The number of para-hydroxylation sites is 1. The number of benzene rings is 1. The normalized spacial score (nSPS) is 14.5. The monoisotopic (exact) mass is 400 g/mol. The summed E-state index contributed by atoms with van der Waals surface area (Å²) < 4.78 is 6.91. The zero-order valence-electron chi connectivity index (χ0n) is 17.3. The summed E-state index contributed by atoms with van der Waals surface area (Å²) in [6, 6.07) is 10.1. The van der Waals surface area contributed by atoms with Gasteiger partial charge in [-0.3, -0.25) is 9.59 Å². The molecule has 0 bridgehead atoms. The van der Waals surface area contributed by atoms with E-state index in [4.69, 9.17) is 4.74 Å². The van der Waals surface area contributed by atoms with Crippen LogP contribution in [0, 0.1) is 0 Å². The molecular formula is C21H28N4O4. The van der Waals surface area contributed by atoms with Crippen LogP contribution in [0.5, 0.6) is 0 Å². The van der Waals surface area contributed by atoms with Gasteiger partial charge in [0.15, 0.2) is 0 Å². The lowest BCUT2D eigenvalue weighted by molar-refractivity contribution is -0.134. The summed E-state index contributed by atoms with van der Waals surface area (Å²) in [5, 5.41) is 4.28. The zero-order valence-corrected chi connectivity index (χ0v) is 17.3. The second-order valence-electron chi connectivity index (χ2n) is 7.32. The van der Waals surface area contributed by atoms with Gasteiger partial charge in [0.25, 0.3) is 0 Å². The molecule has 8 nitrogen and oxygen atoms in total. The second kappa shape index (κ2) is 9.09. The van der Waals surface area contributed by atoms with E-state index < -0.39 is 6.09 Å². The number of carbonyl (C=O) groups excluding carboxylic acids is 3. The Labute approximate surface area is 170 Å². The molecule has 1 aromatic heterocycles. The Hall–Kier alpha value is -2.87. The van der Waals surface area contributed by atoms with Crippen LogP contribution >= 0.6 is 0 Å². The maximum absolute atomic E-state index is 12.6. The van der Waals surface area contributed by atoms with Gasteiger partial charge in [0, 0.05) is 64.2 Å². The van der Waals surface area contributed by atoms with E-state index in [9.17, 15) is 14.4 Å². The lowest BCUT2D eigenvalue weighted by atomic mass is 10.1. The number of ketones is 1. The standard InChI is InChI=1S/C21H28N4O4/c1-22(23(2)21(28)29-3)15-17-14-16-6-4-5-7-19(16)25(17)13-10-20(27)24-11-8-18(26)9-12-24/h4-7,14H,8-13,15H2,1-3H3. The van der Waals surface area contributed by atoms with Gasteiger partial charge in [-0.25, -0.2) is 14.8 Å². The highest BCUT2D eigenvalue weighted by Gasteiger charge is 2.22. The van der Waals surface area contributed by atoms with Crippen molar-refractivity contribution in [2.24, 2.45) is 0 Å². The fraction of sp³-hybridized carbons (Fsp3) is 0.476. The Morgan fingerprint density at radius 3 is 2.52 bits per heavy atom. The average molecular weight is 400 g/mol. The van der Waals surface area contributed by atoms with E-state index in [0.29, 0.717) is 45.4 Å². The molecule has 156 valence electrons. The Kier molecular flexibility index (Phi) is 6.53. The van der Waals surface area contributed by atoms with Crippen LogP contribution in [-0.2, 0) is 27.4 Å². The van der Waals surface area contributed by atoms with Crippen LogP contribution in [0.15, 0.2) is 30.3 Å². The molecule has 1 fully saturated rings. The smallest absolute Gasteiger partial charge is 0.423 e. The molecule has 0 spiro atoms. The maximum Gasteiger partial charge on any atom is 0.423 e. The number of rotatable bonds is 6. The van der Waals surface area contributed by atoms with Crippen molar-refractivity contribution >= 4 is 28.7 Å². The molecule has 0 atom stereocenters. The molecule has 0 N–H and O–H groups in total. The van der Waals surface area contributed by atoms with Crippen molar-refractivity contribution in [1.82, 2.24) is 19.5 Å². The number of likely N-dealkylation sites (tertiary alicyclic amines) is 1. The number of aryl methyl sites for hydroxylation is 1. The van der Waals surface area contributed by atoms with E-state index in [1.54, 1.807) is 17.0 Å². The maximum atomic E-state index is 12.6. The predicted octanol–water partition coefficient (Wildman–Crippen LogP) is 2.27. The third kappa shape index (κ3) is 4.76. The Bertz CT molecular complexity index is 897. The number of ether oxygens (including phenoxy) is 1. The number of carbonyl (C=O) groups is 3. The molecule has 1 aromatic carbocycles. The predicted molar refractivity (Wildman–Crippen MR) is 109 cm³/mol. The highest BCUT2D eigenvalue weighted by atomic mass is 16.5. The Balaban J connectivity index is 1.75. The zero-order chi connectivity index (χ0) is 21.0. The lowest BCUT2D eigenvalue weighted by Crippen LogP contribution is -2.41. The first kappa shape index (κ1) is 20.9. The number of nitrogens with zero attached hydrogens (tertiary/aromatic N) is 4. The van der Waals surface area contributed by atoms with Gasteiger partial charge in [0.05, 0.1) is 13.7 Å². The molecule has 29 heavy (non-hydrogen) atoms. The number of hydrogen-bond acceptors (Lipinski definition) is 5. The molecule has 0 unspecified atom stereocenters. The minimum atomic E-state index is -0.440. The van der Waals surface area contributed by atoms with Gasteiger partial charge in [0.1, 0.15) is 5.78 Å². The first-order valence-corrected chi connectivity index (χ1v) is 9.80. The molecule has 1 aliphatic heterocycles. The summed E-state index contributed by atoms with van der Waals surface area (Å²) in [7, 11) is 4.82. The molecule has 2 amide bonds. The number of Topliss-reactive ketones (excluding diaryl/α,β-unsaturated/α-hetero) is 1. The van der Waals surface area contributed by atoms with Crippen molar-refractivity contribution in [3.8, 4) is 0 Å². The summed E-state index contributed by atoms with van der Waals surface area (Å²) in [4.78, 5) is 37.6. The number of amides is 2. The van der Waals surface area contributed by atoms with Crippen LogP contribution in [-0.4, -0.2) is 71.6 Å². The van der Waals surface area contributed by atoms with E-state index >= 15 is 0 Å². The van der Waals surface area contributed by atoms with Crippen molar-refractivity contribution < 1.29 is 19.1 Å². The van der Waals surface area contributed by atoms with Crippen LogP contribution in [0.2, 0.25) is 0 Å². The number of hydrogen-bond donors (Lipinski definition) is 0. The summed E-state index contributed by atoms with van der Waals surface area (Å²) in [6.45, 7) is 2.07. The first-order valence-electron chi connectivity index (χ1n) is 9.80. The van der Waals surface area contributed by atoms with Gasteiger partial charge < -0.3 is 14.2 Å². The third-order valence-electron chi connectivity index (χ3n) is 5.46. The molecule has 1 aliphatic rings. The van der Waals surface area contributed by atoms with Crippen LogP contribution < -0.4 is 0 Å². The van der Waals surface area contributed by atoms with E-state index in [1.807, 2.05) is 31.3 Å². The number of piperidine rings is 1. The van der Waals surface area contributed by atoms with Gasteiger partial charge in [-0.1, -0.05) is 18.2 Å². The van der Waals surface area contributed by atoms with Crippen LogP contribution in [0.4, 0.5) is 4.79 Å². The molecule has 8 heteroatoms. The highest BCUT2D eigenvalue weighted by Crippen LogP contribution is 2.22. The van der Waals surface area contributed by atoms with Crippen molar-refractivity contribution in [3.05, 3.63) is 36.0 Å². The highest BCUT2D eigenvalue weighted by molar-refractivity contribution is 5.84. The van der Waals surface area contributed by atoms with E-state index in [1.165, 1.54) is 12.1 Å². The molecule has 0 aliphatic carbocycles. The van der Waals surface area contributed by atoms with Crippen molar-refractivity contribution in [3.63, 3.8) is 0 Å². The minimum absolute atomic E-state index is 0.0706. The van der Waals surface area contributed by atoms with Crippen molar-refractivity contribution in [1.29, 1.82) is 0 Å². The minimum Gasteiger partial charge on any atom is -0.452 e. The summed E-state index contributed by atoms with van der Waals surface area (Å²) in [5.74, 6) is 0.298. The fourth-order valence-corrected chi connectivity index (χ4v) is 3.65. The van der Waals surface area contributed by atoms with E-state index in [0.717, 1.165) is 16.6 Å². The third-order valence-corrected chi connectivity index (χ3v) is 5.46. The van der Waals surface area contributed by atoms with Crippen LogP contribution in [0.25, 0.3) is 10.9 Å². The number of hydrazine groups is 1. The topological polar surface area (TPSA) is 75.1 Å². The molecular weight excluding hydrogens is 372 g/mol. The van der Waals surface area contributed by atoms with Gasteiger partial charge in [-0.15, -0.1) is 0 Å². The van der Waals surface area contributed by atoms with Crippen molar-refractivity contribution in [2.75, 3.05) is 34.3 Å². The van der Waals surface area contributed by atoms with Crippen LogP contribution in [0.1, 0.15) is 25.0 Å². The van der Waals surface area contributed by atoms with Gasteiger partial charge in [-0.2, -0.15) is 0 Å². The van der Waals surface area contributed by atoms with E-state index in [2.05, 4.69) is 10.6 Å². The Morgan fingerprint density at radius 2 is 1.83 bits per heavy atom. The van der Waals surface area contributed by atoms with E-state index in [-0.39, 0.29) is 11.7 Å². The number of aromatic nitrogens is 1. The Morgan fingerprint density at radius 1 is 1.14 bits per heavy atom. The molecule has 3 rings (SSSR count). The van der Waals surface area contributed by atoms with Crippen molar-refractivity contribution in [2.45, 2.75) is 32.4 Å². The largest absolute Gasteiger partial charge is 0.452 e. The lowest BCUT2D eigenvalue weighted by Gasteiger charge is -2.28. The summed E-state index contributed by atoms with van der Waals surface area (Å²) in [5.41, 5.74) is 2.06. The fourth-order valence-electron chi connectivity index (χ4n) is 3.65. The first-order chi connectivity index (χ1) is 13.9. The molecule has 0 saturated carbocycles. The van der Waals surface area contributed by atoms with Gasteiger partial charge in [-0.05, 0) is 17.5 Å². The molecule has 1 saturated heterocycles. The number of methoxy groups -OCH3 is 1. The van der Waals surface area contributed by atoms with Gasteiger partial charge >= 0.3 is 6.09 Å². The molecule has 2 heterocycles. The summed E-state index contributed by atoms with van der Waals surface area (Å²) >= 11 is 0. The molecule has 2 aromatic rings. The second-order valence-corrected chi connectivity index (χ2v) is 7.32. The van der Waals surface area contributed by atoms with Crippen LogP contribution in [0.3, 0.4) is 0 Å². The number of fused-ring (bicyclic) bond motifs is 1. The SMILES string of the molecule is COC(=O)N(C)N(C)Cc1cc2ccccc2n1CCC(=O)N1CCC(=O)CC1. The molecule has 0 radical (unpaired) electrons. The average Bonchev–Trinajstić information content (AvgIpc) is 3.08. The summed E-state index contributed by atoms with van der Waals surface area (Å²) in [6.07, 6.45) is 0.837.